The van der Waals surface area contributed by atoms with Gasteiger partial charge in [0.2, 0.25) is 5.82 Å². The molecule has 0 saturated carbocycles. The van der Waals surface area contributed by atoms with Crippen LogP contribution in [0.4, 0.5) is 32.6 Å². The van der Waals surface area contributed by atoms with Crippen molar-refractivity contribution in [2.24, 2.45) is 10.8 Å². The maximum Gasteiger partial charge on any atom is 0.412 e. The fourth-order valence-electron chi connectivity index (χ4n) is 1.63. The predicted molar refractivity (Wildman–Crippen MR) is 90.3 cm³/mol. The number of amides is 3. The Morgan fingerprint density at radius 3 is 2.72 bits per heavy atom. The lowest BCUT2D eigenvalue weighted by molar-refractivity contribution is -0.383. The number of carbonyl (C=O) groups excluding carboxylic acids is 2. The van der Waals surface area contributed by atoms with E-state index in [0.29, 0.717) is 5.71 Å². The number of pyridine rings is 1. The Balaban J connectivity index is 3.03. The maximum atomic E-state index is 11.4. The Bertz CT molecular complexity index is 705. The minimum atomic E-state index is -0.848. The van der Waals surface area contributed by atoms with Gasteiger partial charge in [0.25, 0.3) is 0 Å². The molecule has 0 radical (unpaired) electrons. The van der Waals surface area contributed by atoms with Gasteiger partial charge in [-0.25, -0.2) is 20.0 Å². The van der Waals surface area contributed by atoms with Crippen LogP contribution in [0.25, 0.3) is 0 Å². The molecule has 0 spiro atoms. The first-order chi connectivity index (χ1) is 11.7. The number of primary amides is 1. The molecular weight excluding hydrogens is 336 g/mol. The third-order valence-electron chi connectivity index (χ3n) is 2.60. The van der Waals surface area contributed by atoms with Crippen molar-refractivity contribution in [3.05, 3.63) is 16.2 Å². The van der Waals surface area contributed by atoms with Crippen LogP contribution in [0.5, 0.6) is 0 Å². The van der Waals surface area contributed by atoms with Gasteiger partial charge in [-0.15, -0.1) is 0 Å². The second-order valence-electron chi connectivity index (χ2n) is 4.57. The van der Waals surface area contributed by atoms with E-state index < -0.39 is 28.6 Å². The van der Waals surface area contributed by atoms with Crippen LogP contribution in [0.15, 0.2) is 11.2 Å². The van der Waals surface area contributed by atoms with Crippen molar-refractivity contribution in [3.63, 3.8) is 0 Å². The van der Waals surface area contributed by atoms with Gasteiger partial charge in [0.05, 0.1) is 23.8 Å². The first-order valence-corrected chi connectivity index (χ1v) is 6.95. The summed E-state index contributed by atoms with van der Waals surface area (Å²) in [6, 6.07) is 0.375. The van der Waals surface area contributed by atoms with Crippen molar-refractivity contribution in [3.8, 4) is 0 Å². The molecule has 1 aromatic heterocycles. The fraction of sp³-hybridized carbons (Fsp3) is 0.333. The summed E-state index contributed by atoms with van der Waals surface area (Å²) in [5.74, 6) is -0.430. The Labute approximate surface area is 141 Å². The molecule has 0 atom stereocenters. The third kappa shape index (κ3) is 6.17. The van der Waals surface area contributed by atoms with Crippen LogP contribution in [0.1, 0.15) is 13.8 Å². The number of nitrogens with two attached hydrogens (primary N) is 2. The van der Waals surface area contributed by atoms with E-state index in [9.17, 15) is 19.7 Å². The zero-order valence-corrected chi connectivity index (χ0v) is 13.5. The molecule has 1 heterocycles. The van der Waals surface area contributed by atoms with Crippen LogP contribution in [0.2, 0.25) is 0 Å². The van der Waals surface area contributed by atoms with Crippen molar-refractivity contribution < 1.29 is 19.2 Å². The van der Waals surface area contributed by atoms with Gasteiger partial charge in [0, 0.05) is 6.07 Å². The number of nitrogens with zero attached hydrogens (tertiary/aromatic N) is 3. The number of rotatable bonds is 7. The lowest BCUT2D eigenvalue weighted by atomic mass is 10.3. The number of carbonyl (C=O) groups is 2. The Kier molecular flexibility index (Phi) is 6.87. The molecule has 0 aliphatic rings. The first kappa shape index (κ1) is 19.4. The average molecular weight is 354 g/mol. The molecule has 13 nitrogen and oxygen atoms in total. The lowest BCUT2D eigenvalue weighted by Gasteiger charge is -2.11. The summed E-state index contributed by atoms with van der Waals surface area (Å²) in [6.07, 6.45) is -0.780. The zero-order valence-electron chi connectivity index (χ0n) is 13.5. The number of urea groups is 1. The summed E-state index contributed by atoms with van der Waals surface area (Å²) in [4.78, 5) is 36.2. The van der Waals surface area contributed by atoms with E-state index in [4.69, 9.17) is 16.2 Å². The van der Waals surface area contributed by atoms with Crippen molar-refractivity contribution in [2.45, 2.75) is 13.8 Å². The van der Waals surface area contributed by atoms with E-state index in [0.717, 1.165) is 0 Å². The van der Waals surface area contributed by atoms with Gasteiger partial charge >= 0.3 is 17.8 Å². The van der Waals surface area contributed by atoms with E-state index in [2.05, 4.69) is 20.7 Å². The predicted octanol–water partition coefficient (Wildman–Crippen LogP) is 0.596. The molecule has 0 fully saturated rings. The number of nitrogens with one attached hydrogen (secondary N) is 3. The van der Waals surface area contributed by atoms with Crippen LogP contribution < -0.4 is 27.5 Å². The number of nitro groups is 1. The molecule has 13 heteroatoms. The Morgan fingerprint density at radius 1 is 1.48 bits per heavy atom. The molecular formula is C12H18N8O5. The van der Waals surface area contributed by atoms with Gasteiger partial charge in [0.1, 0.15) is 11.5 Å². The largest absolute Gasteiger partial charge is 0.450 e. The molecule has 7 N–H and O–H groups in total. The minimum Gasteiger partial charge on any atom is -0.450 e. The highest BCUT2D eigenvalue weighted by molar-refractivity contribution is 5.90. The molecule has 0 aliphatic carbocycles. The van der Waals surface area contributed by atoms with Crippen LogP contribution in [0, 0.1) is 10.1 Å². The van der Waals surface area contributed by atoms with Crippen LogP contribution in [-0.4, -0.2) is 40.9 Å². The number of hydrogen-bond donors (Lipinski definition) is 5. The van der Waals surface area contributed by atoms with Gasteiger partial charge in [-0.1, -0.05) is 0 Å². The number of ether oxygens (including phenoxy) is 1. The van der Waals surface area contributed by atoms with Gasteiger partial charge in [-0.2, -0.15) is 5.10 Å². The zero-order chi connectivity index (χ0) is 19.0. The molecule has 25 heavy (non-hydrogen) atoms. The van der Waals surface area contributed by atoms with E-state index in [1.807, 2.05) is 5.43 Å². The molecule has 0 unspecified atom stereocenters. The molecule has 0 aromatic carbocycles. The minimum absolute atomic E-state index is 0.00192. The summed E-state index contributed by atoms with van der Waals surface area (Å²) in [7, 11) is 0. The van der Waals surface area contributed by atoms with E-state index in [1.165, 1.54) is 6.07 Å². The Hall–Kier alpha value is -3.64. The third-order valence-corrected chi connectivity index (χ3v) is 2.60. The SMILES string of the molecule is CCOC(=O)Nc1cc(NC/C(C)=N/NC(N)=O)c([N+](=O)[O-])c(N)n1. The smallest absolute Gasteiger partial charge is 0.412 e. The van der Waals surface area contributed by atoms with E-state index in [-0.39, 0.29) is 24.7 Å². The van der Waals surface area contributed by atoms with Crippen molar-refractivity contribution in [1.29, 1.82) is 0 Å². The summed E-state index contributed by atoms with van der Waals surface area (Å²) in [5.41, 5.74) is 12.4. The van der Waals surface area contributed by atoms with Crippen molar-refractivity contribution in [1.82, 2.24) is 10.4 Å². The quantitative estimate of drug-likeness (QED) is 0.266. The molecule has 1 rings (SSSR count). The summed E-state index contributed by atoms with van der Waals surface area (Å²) >= 11 is 0. The second kappa shape index (κ2) is 8.85. The number of aromatic nitrogens is 1. The molecule has 3 amide bonds. The molecule has 136 valence electrons. The molecule has 0 aliphatic heterocycles. The van der Waals surface area contributed by atoms with Crippen molar-refractivity contribution in [2.75, 3.05) is 29.5 Å². The van der Waals surface area contributed by atoms with Crippen LogP contribution >= 0.6 is 0 Å². The van der Waals surface area contributed by atoms with E-state index in [1.54, 1.807) is 13.8 Å². The normalized spacial score (nSPS) is 10.7. The molecule has 0 saturated heterocycles. The van der Waals surface area contributed by atoms with Gasteiger partial charge in [-0.3, -0.25) is 15.4 Å². The molecule has 1 aromatic rings. The topological polar surface area (TPSA) is 200 Å². The summed E-state index contributed by atoms with van der Waals surface area (Å²) < 4.78 is 4.70. The summed E-state index contributed by atoms with van der Waals surface area (Å²) in [6.45, 7) is 3.34. The fourth-order valence-corrected chi connectivity index (χ4v) is 1.63. The highest BCUT2D eigenvalue weighted by Crippen LogP contribution is 2.31. The highest BCUT2D eigenvalue weighted by Gasteiger charge is 2.22. The average Bonchev–Trinajstić information content (AvgIpc) is 2.50. The lowest BCUT2D eigenvalue weighted by Crippen LogP contribution is -2.26. The van der Waals surface area contributed by atoms with E-state index >= 15 is 0 Å². The first-order valence-electron chi connectivity index (χ1n) is 6.95. The Morgan fingerprint density at radius 2 is 2.16 bits per heavy atom. The standard InChI is InChI=1S/C12H18N8O5/c1-3-25-12(22)17-8-4-7(9(20(23)24)10(13)16-8)15-5-6(2)18-19-11(14)21/h4H,3,5H2,1-2H3,(H3,14,19,21)(H4,13,15,16,17,22)/b18-6+. The van der Waals surface area contributed by atoms with Crippen LogP contribution in [-0.2, 0) is 4.74 Å². The van der Waals surface area contributed by atoms with Crippen molar-refractivity contribution >= 4 is 40.8 Å². The highest BCUT2D eigenvalue weighted by atomic mass is 16.6. The number of hydrazone groups is 1. The maximum absolute atomic E-state index is 11.4. The van der Waals surface area contributed by atoms with Crippen LogP contribution in [0.3, 0.4) is 0 Å². The molecule has 0 bridgehead atoms. The summed E-state index contributed by atoms with van der Waals surface area (Å²) in [5, 5.41) is 19.8. The van der Waals surface area contributed by atoms with Gasteiger partial charge in [0.15, 0.2) is 0 Å². The van der Waals surface area contributed by atoms with Gasteiger partial charge < -0.3 is 21.5 Å². The number of hydrogen-bond acceptors (Lipinski definition) is 9. The second-order valence-corrected chi connectivity index (χ2v) is 4.57. The number of anilines is 3. The monoisotopic (exact) mass is 354 g/mol. The number of nitrogen functional groups attached to an aromatic ring is 1. The van der Waals surface area contributed by atoms with Gasteiger partial charge in [-0.05, 0) is 13.8 Å².